The number of fused-ring (bicyclic) bond motifs is 1. The van der Waals surface area contributed by atoms with Gasteiger partial charge in [0.05, 0.1) is 18.4 Å². The van der Waals surface area contributed by atoms with Crippen molar-refractivity contribution in [3.63, 3.8) is 0 Å². The Hall–Kier alpha value is -2.48. The zero-order valence-corrected chi connectivity index (χ0v) is 14.9. The Labute approximate surface area is 146 Å². The maximum Gasteiger partial charge on any atom is 0.240 e. The minimum atomic E-state index is 0.294. The molecule has 0 unspecified atom stereocenters. The van der Waals surface area contributed by atoms with Crippen LogP contribution < -0.4 is 4.90 Å². The molecule has 4 heterocycles. The van der Waals surface area contributed by atoms with Gasteiger partial charge in [-0.1, -0.05) is 19.0 Å². The summed E-state index contributed by atoms with van der Waals surface area (Å²) in [5, 5.41) is 8.70. The highest BCUT2D eigenvalue weighted by molar-refractivity contribution is 5.46. The number of aryl methyl sites for hydroxylation is 1. The number of rotatable bonds is 4. The second-order valence-electron chi connectivity index (χ2n) is 6.84. The summed E-state index contributed by atoms with van der Waals surface area (Å²) in [5.41, 5.74) is 1.87. The molecular formula is C17H23N7O. The van der Waals surface area contributed by atoms with E-state index in [-0.39, 0.29) is 0 Å². The molecule has 0 aliphatic carbocycles. The van der Waals surface area contributed by atoms with Crippen molar-refractivity contribution in [2.24, 2.45) is 0 Å². The number of aromatic nitrogens is 5. The Morgan fingerprint density at radius 2 is 1.92 bits per heavy atom. The molecule has 0 amide bonds. The Kier molecular flexibility index (Phi) is 4.12. The van der Waals surface area contributed by atoms with Gasteiger partial charge in [-0.2, -0.15) is 4.98 Å². The number of hydrogen-bond acceptors (Lipinski definition) is 7. The second kappa shape index (κ2) is 6.44. The number of imidazole rings is 1. The fourth-order valence-corrected chi connectivity index (χ4v) is 3.05. The molecule has 132 valence electrons. The monoisotopic (exact) mass is 341 g/mol. The van der Waals surface area contributed by atoms with Crippen molar-refractivity contribution in [3.8, 4) is 0 Å². The van der Waals surface area contributed by atoms with Gasteiger partial charge in [-0.3, -0.25) is 4.90 Å². The molecule has 4 rings (SSSR count). The number of hydrogen-bond donors (Lipinski definition) is 0. The van der Waals surface area contributed by atoms with E-state index in [0.717, 1.165) is 49.2 Å². The molecule has 1 fully saturated rings. The predicted molar refractivity (Wildman–Crippen MR) is 93.6 cm³/mol. The summed E-state index contributed by atoms with van der Waals surface area (Å²) in [6, 6.07) is 4.07. The maximum atomic E-state index is 5.35. The van der Waals surface area contributed by atoms with Gasteiger partial charge in [-0.25, -0.2) is 9.50 Å². The molecule has 3 aromatic heterocycles. The molecule has 8 nitrogen and oxygen atoms in total. The molecule has 1 aliphatic heterocycles. The van der Waals surface area contributed by atoms with E-state index in [2.05, 4.69) is 43.9 Å². The van der Waals surface area contributed by atoms with E-state index in [1.807, 2.05) is 29.8 Å². The standard InChI is InChI=1S/C17H23N7O/c1-12(2)17-19-16(25-21-17)11-22-6-8-23(9-7-22)15-5-4-14-18-13(3)10-24(14)20-15/h4-5,10,12H,6-9,11H2,1-3H3. The Morgan fingerprint density at radius 3 is 2.64 bits per heavy atom. The molecule has 1 saturated heterocycles. The highest BCUT2D eigenvalue weighted by atomic mass is 16.5. The number of piperazine rings is 1. The minimum Gasteiger partial charge on any atom is -0.353 e. The lowest BCUT2D eigenvalue weighted by Gasteiger charge is -2.34. The Bertz CT molecular complexity index is 861. The average molecular weight is 341 g/mol. The zero-order chi connectivity index (χ0) is 17.4. The van der Waals surface area contributed by atoms with Crippen LogP contribution in [0.2, 0.25) is 0 Å². The molecule has 0 bridgehead atoms. The fraction of sp³-hybridized carbons (Fsp3) is 0.529. The molecule has 0 radical (unpaired) electrons. The Balaban J connectivity index is 1.38. The van der Waals surface area contributed by atoms with Crippen molar-refractivity contribution < 1.29 is 4.52 Å². The highest BCUT2D eigenvalue weighted by Crippen LogP contribution is 2.16. The van der Waals surface area contributed by atoms with Gasteiger partial charge in [0.1, 0.15) is 5.82 Å². The van der Waals surface area contributed by atoms with Crippen molar-refractivity contribution in [2.75, 3.05) is 31.1 Å². The van der Waals surface area contributed by atoms with Gasteiger partial charge in [-0.05, 0) is 19.1 Å². The lowest BCUT2D eigenvalue weighted by atomic mass is 10.2. The smallest absolute Gasteiger partial charge is 0.240 e. The van der Waals surface area contributed by atoms with Crippen LogP contribution in [0.25, 0.3) is 5.65 Å². The van der Waals surface area contributed by atoms with E-state index >= 15 is 0 Å². The van der Waals surface area contributed by atoms with Crippen LogP contribution in [-0.4, -0.2) is 55.8 Å². The van der Waals surface area contributed by atoms with Crippen molar-refractivity contribution in [1.82, 2.24) is 29.6 Å². The summed E-state index contributed by atoms with van der Waals surface area (Å²) in [7, 11) is 0. The van der Waals surface area contributed by atoms with Crippen LogP contribution in [0.1, 0.15) is 37.2 Å². The van der Waals surface area contributed by atoms with Crippen LogP contribution in [-0.2, 0) is 6.54 Å². The largest absolute Gasteiger partial charge is 0.353 e. The predicted octanol–water partition coefficient (Wildman–Crippen LogP) is 1.87. The average Bonchev–Trinajstić information content (AvgIpc) is 3.20. The molecular weight excluding hydrogens is 318 g/mol. The first-order chi connectivity index (χ1) is 12.1. The Morgan fingerprint density at radius 1 is 1.12 bits per heavy atom. The van der Waals surface area contributed by atoms with Crippen molar-refractivity contribution in [3.05, 3.63) is 35.7 Å². The second-order valence-corrected chi connectivity index (χ2v) is 6.84. The van der Waals surface area contributed by atoms with Gasteiger partial charge < -0.3 is 9.42 Å². The van der Waals surface area contributed by atoms with E-state index in [1.165, 1.54) is 0 Å². The fourth-order valence-electron chi connectivity index (χ4n) is 3.05. The number of nitrogens with zero attached hydrogens (tertiary/aromatic N) is 7. The van der Waals surface area contributed by atoms with E-state index in [4.69, 9.17) is 4.52 Å². The molecule has 3 aromatic rings. The van der Waals surface area contributed by atoms with Crippen molar-refractivity contribution in [1.29, 1.82) is 0 Å². The summed E-state index contributed by atoms with van der Waals surface area (Å²) in [6.07, 6.45) is 1.96. The first-order valence-corrected chi connectivity index (χ1v) is 8.71. The molecule has 0 spiro atoms. The van der Waals surface area contributed by atoms with Crippen LogP contribution >= 0.6 is 0 Å². The van der Waals surface area contributed by atoms with Gasteiger partial charge in [0.2, 0.25) is 5.89 Å². The topological polar surface area (TPSA) is 75.6 Å². The van der Waals surface area contributed by atoms with Gasteiger partial charge >= 0.3 is 0 Å². The van der Waals surface area contributed by atoms with E-state index in [1.54, 1.807) is 0 Å². The normalized spacial score (nSPS) is 16.2. The lowest BCUT2D eigenvalue weighted by Crippen LogP contribution is -2.46. The van der Waals surface area contributed by atoms with E-state index in [0.29, 0.717) is 18.4 Å². The first kappa shape index (κ1) is 16.0. The summed E-state index contributed by atoms with van der Waals surface area (Å²) in [6.45, 7) is 10.6. The van der Waals surface area contributed by atoms with E-state index in [9.17, 15) is 0 Å². The van der Waals surface area contributed by atoms with Crippen LogP contribution in [0.15, 0.2) is 22.9 Å². The van der Waals surface area contributed by atoms with Crippen molar-refractivity contribution in [2.45, 2.75) is 33.2 Å². The van der Waals surface area contributed by atoms with Gasteiger partial charge in [-0.15, -0.1) is 5.10 Å². The van der Waals surface area contributed by atoms with Crippen LogP contribution in [0, 0.1) is 6.92 Å². The SMILES string of the molecule is Cc1cn2nc(N3CCN(Cc4nc(C(C)C)no4)CC3)ccc2n1. The maximum absolute atomic E-state index is 5.35. The summed E-state index contributed by atoms with van der Waals surface area (Å²) >= 11 is 0. The third-order valence-corrected chi connectivity index (χ3v) is 4.48. The molecule has 1 aliphatic rings. The molecule has 0 aromatic carbocycles. The van der Waals surface area contributed by atoms with Crippen molar-refractivity contribution >= 4 is 11.5 Å². The van der Waals surface area contributed by atoms with Crippen LogP contribution in [0.3, 0.4) is 0 Å². The summed E-state index contributed by atoms with van der Waals surface area (Å²) in [4.78, 5) is 13.5. The third kappa shape index (κ3) is 3.34. The molecule has 0 saturated carbocycles. The molecule has 0 N–H and O–H groups in total. The van der Waals surface area contributed by atoms with Gasteiger partial charge in [0.25, 0.3) is 0 Å². The highest BCUT2D eigenvalue weighted by Gasteiger charge is 2.21. The minimum absolute atomic E-state index is 0.294. The summed E-state index contributed by atoms with van der Waals surface area (Å²) in [5.74, 6) is 2.76. The molecule has 25 heavy (non-hydrogen) atoms. The summed E-state index contributed by atoms with van der Waals surface area (Å²) < 4.78 is 7.20. The first-order valence-electron chi connectivity index (χ1n) is 8.71. The van der Waals surface area contributed by atoms with E-state index < -0.39 is 0 Å². The molecule has 8 heteroatoms. The molecule has 0 atom stereocenters. The number of anilines is 1. The van der Waals surface area contributed by atoms with Crippen LogP contribution in [0.4, 0.5) is 5.82 Å². The van der Waals surface area contributed by atoms with Crippen LogP contribution in [0.5, 0.6) is 0 Å². The quantitative estimate of drug-likeness (QED) is 0.717. The van der Waals surface area contributed by atoms with Gasteiger partial charge in [0.15, 0.2) is 11.5 Å². The lowest BCUT2D eigenvalue weighted by molar-refractivity contribution is 0.214. The third-order valence-electron chi connectivity index (χ3n) is 4.48. The zero-order valence-electron chi connectivity index (χ0n) is 14.9. The van der Waals surface area contributed by atoms with Gasteiger partial charge in [0, 0.05) is 32.1 Å².